The summed E-state index contributed by atoms with van der Waals surface area (Å²) in [5.41, 5.74) is 3.98. The molecule has 0 N–H and O–H groups in total. The lowest BCUT2D eigenvalue weighted by Gasteiger charge is -2.23. The molecule has 0 fully saturated rings. The molecule has 0 atom stereocenters. The van der Waals surface area contributed by atoms with Crippen molar-refractivity contribution < 1.29 is 4.74 Å². The van der Waals surface area contributed by atoms with Gasteiger partial charge in [0.2, 0.25) is 0 Å². The number of benzene rings is 3. The van der Waals surface area contributed by atoms with Crippen molar-refractivity contribution in [2.24, 2.45) is 0 Å². The number of pyridine rings is 1. The molecule has 0 aliphatic rings. The molecular weight excluding hydrogens is 332 g/mol. The highest BCUT2D eigenvalue weighted by Crippen LogP contribution is 2.38. The summed E-state index contributed by atoms with van der Waals surface area (Å²) < 4.78 is 5.43. The average molecular weight is 349 g/mol. The quantitative estimate of drug-likeness (QED) is 0.436. The van der Waals surface area contributed by atoms with Crippen LogP contribution in [0.1, 0.15) is 0 Å². The van der Waals surface area contributed by atoms with E-state index in [4.69, 9.17) is 21.3 Å². The van der Waals surface area contributed by atoms with Crippen LogP contribution >= 0.6 is 11.6 Å². The Kier molecular flexibility index (Phi) is 3.94. The summed E-state index contributed by atoms with van der Waals surface area (Å²) in [4.78, 5) is 6.96. The molecule has 1 aromatic heterocycles. The van der Waals surface area contributed by atoms with Crippen LogP contribution in [0.3, 0.4) is 0 Å². The van der Waals surface area contributed by atoms with Gasteiger partial charge in [-0.1, -0.05) is 29.8 Å². The van der Waals surface area contributed by atoms with Crippen LogP contribution in [0.5, 0.6) is 5.75 Å². The van der Waals surface area contributed by atoms with Crippen LogP contribution in [0.2, 0.25) is 5.02 Å². The number of anilines is 2. The van der Waals surface area contributed by atoms with E-state index in [1.807, 2.05) is 54.6 Å². The van der Waals surface area contributed by atoms with Gasteiger partial charge in [0, 0.05) is 28.5 Å². The van der Waals surface area contributed by atoms with Crippen molar-refractivity contribution in [3.05, 3.63) is 71.8 Å². The Balaban J connectivity index is 2.09. The summed E-state index contributed by atoms with van der Waals surface area (Å²) in [5.74, 6) is 0.810. The zero-order valence-electron chi connectivity index (χ0n) is 14.0. The number of halogens is 1. The standard InChI is InChI=1S/C21H17ClN2O/c1-24(15-6-4-3-5-7-15)21-17-10-8-14(22)12-20(17)23-19-11-9-16(25-2)13-18(19)21/h3-13H,1-2H3. The number of hydrogen-bond donors (Lipinski definition) is 0. The lowest BCUT2D eigenvalue weighted by molar-refractivity contribution is 0.415. The van der Waals surface area contributed by atoms with Gasteiger partial charge in [0.25, 0.3) is 0 Å². The molecule has 4 rings (SSSR count). The average Bonchev–Trinajstić information content (AvgIpc) is 2.65. The third-order valence-electron chi connectivity index (χ3n) is 4.39. The Labute approximate surface area is 151 Å². The lowest BCUT2D eigenvalue weighted by atomic mass is 10.1. The fourth-order valence-electron chi connectivity index (χ4n) is 3.14. The normalized spacial score (nSPS) is 11.0. The topological polar surface area (TPSA) is 25.4 Å². The molecule has 0 saturated carbocycles. The Morgan fingerprint density at radius 1 is 0.880 bits per heavy atom. The molecule has 3 nitrogen and oxygen atoms in total. The number of fused-ring (bicyclic) bond motifs is 2. The van der Waals surface area contributed by atoms with E-state index in [0.717, 1.165) is 38.9 Å². The predicted octanol–water partition coefficient (Wildman–Crippen LogP) is 5.82. The fourth-order valence-corrected chi connectivity index (χ4v) is 3.31. The molecule has 25 heavy (non-hydrogen) atoms. The minimum Gasteiger partial charge on any atom is -0.497 e. The first-order chi connectivity index (χ1) is 12.2. The van der Waals surface area contributed by atoms with E-state index in [1.54, 1.807) is 7.11 Å². The summed E-state index contributed by atoms with van der Waals surface area (Å²) in [6.07, 6.45) is 0. The van der Waals surface area contributed by atoms with Gasteiger partial charge in [-0.15, -0.1) is 0 Å². The van der Waals surface area contributed by atoms with Crippen molar-refractivity contribution in [1.82, 2.24) is 4.98 Å². The largest absolute Gasteiger partial charge is 0.497 e. The zero-order chi connectivity index (χ0) is 17.4. The molecule has 4 aromatic rings. The first kappa shape index (κ1) is 15.7. The van der Waals surface area contributed by atoms with E-state index in [0.29, 0.717) is 5.02 Å². The number of para-hydroxylation sites is 1. The third-order valence-corrected chi connectivity index (χ3v) is 4.63. The summed E-state index contributed by atoms with van der Waals surface area (Å²) in [6.45, 7) is 0. The van der Waals surface area contributed by atoms with Crippen LogP contribution in [0.25, 0.3) is 21.8 Å². The lowest BCUT2D eigenvalue weighted by Crippen LogP contribution is -2.11. The smallest absolute Gasteiger partial charge is 0.119 e. The Morgan fingerprint density at radius 2 is 1.68 bits per heavy atom. The van der Waals surface area contributed by atoms with Crippen LogP contribution in [0.4, 0.5) is 11.4 Å². The van der Waals surface area contributed by atoms with Crippen LogP contribution in [-0.2, 0) is 0 Å². The zero-order valence-corrected chi connectivity index (χ0v) is 14.8. The van der Waals surface area contributed by atoms with E-state index < -0.39 is 0 Å². The molecule has 0 bridgehead atoms. The maximum Gasteiger partial charge on any atom is 0.119 e. The van der Waals surface area contributed by atoms with Crippen molar-refractivity contribution in [3.63, 3.8) is 0 Å². The monoisotopic (exact) mass is 348 g/mol. The van der Waals surface area contributed by atoms with Crippen molar-refractivity contribution in [2.75, 3.05) is 19.1 Å². The number of methoxy groups -OCH3 is 1. The molecule has 0 saturated heterocycles. The number of nitrogens with zero attached hydrogens (tertiary/aromatic N) is 2. The molecule has 4 heteroatoms. The number of aromatic nitrogens is 1. The fraction of sp³-hybridized carbons (Fsp3) is 0.0952. The predicted molar refractivity (Wildman–Crippen MR) is 105 cm³/mol. The van der Waals surface area contributed by atoms with Crippen molar-refractivity contribution in [3.8, 4) is 5.75 Å². The second-order valence-electron chi connectivity index (χ2n) is 5.90. The maximum absolute atomic E-state index is 6.19. The molecule has 3 aromatic carbocycles. The summed E-state index contributed by atoms with van der Waals surface area (Å²) >= 11 is 6.19. The number of hydrogen-bond acceptors (Lipinski definition) is 3. The minimum absolute atomic E-state index is 0.682. The SMILES string of the molecule is COc1ccc2nc3cc(Cl)ccc3c(N(C)c3ccccc3)c2c1. The van der Waals surface area contributed by atoms with E-state index in [2.05, 4.69) is 24.1 Å². The van der Waals surface area contributed by atoms with Gasteiger partial charge in [0.15, 0.2) is 0 Å². The maximum atomic E-state index is 6.19. The molecule has 0 radical (unpaired) electrons. The van der Waals surface area contributed by atoms with Gasteiger partial charge in [-0.05, 0) is 48.5 Å². The van der Waals surface area contributed by atoms with Crippen LogP contribution in [-0.4, -0.2) is 19.1 Å². The molecule has 1 heterocycles. The van der Waals surface area contributed by atoms with E-state index in [1.165, 1.54) is 0 Å². The van der Waals surface area contributed by atoms with Gasteiger partial charge in [-0.3, -0.25) is 0 Å². The van der Waals surface area contributed by atoms with Crippen molar-refractivity contribution in [2.45, 2.75) is 0 Å². The highest BCUT2D eigenvalue weighted by molar-refractivity contribution is 6.31. The first-order valence-corrected chi connectivity index (χ1v) is 8.41. The molecule has 0 amide bonds. The molecule has 0 unspecified atom stereocenters. The highest BCUT2D eigenvalue weighted by atomic mass is 35.5. The molecule has 124 valence electrons. The second kappa shape index (κ2) is 6.26. The number of rotatable bonds is 3. The van der Waals surface area contributed by atoms with Gasteiger partial charge in [0.05, 0.1) is 23.8 Å². The van der Waals surface area contributed by atoms with Gasteiger partial charge < -0.3 is 9.64 Å². The van der Waals surface area contributed by atoms with Gasteiger partial charge in [-0.2, -0.15) is 0 Å². The van der Waals surface area contributed by atoms with Gasteiger partial charge >= 0.3 is 0 Å². The van der Waals surface area contributed by atoms with E-state index >= 15 is 0 Å². The third kappa shape index (κ3) is 2.77. The Morgan fingerprint density at radius 3 is 2.44 bits per heavy atom. The Hall–Kier alpha value is -2.78. The minimum atomic E-state index is 0.682. The first-order valence-electron chi connectivity index (χ1n) is 8.03. The van der Waals surface area contributed by atoms with Crippen LogP contribution < -0.4 is 9.64 Å². The van der Waals surface area contributed by atoms with E-state index in [-0.39, 0.29) is 0 Å². The van der Waals surface area contributed by atoms with Gasteiger partial charge in [0.1, 0.15) is 5.75 Å². The molecule has 0 aliphatic carbocycles. The molecule has 0 spiro atoms. The van der Waals surface area contributed by atoms with Crippen LogP contribution in [0.15, 0.2) is 66.7 Å². The van der Waals surface area contributed by atoms with Crippen molar-refractivity contribution in [1.29, 1.82) is 0 Å². The highest BCUT2D eigenvalue weighted by Gasteiger charge is 2.15. The molecular formula is C21H17ClN2O. The second-order valence-corrected chi connectivity index (χ2v) is 6.34. The van der Waals surface area contributed by atoms with Gasteiger partial charge in [-0.25, -0.2) is 4.98 Å². The van der Waals surface area contributed by atoms with Crippen molar-refractivity contribution >= 4 is 44.8 Å². The summed E-state index contributed by atoms with van der Waals surface area (Å²) in [7, 11) is 3.74. The number of ether oxygens (including phenoxy) is 1. The molecule has 0 aliphatic heterocycles. The van der Waals surface area contributed by atoms with E-state index in [9.17, 15) is 0 Å². The summed E-state index contributed by atoms with van der Waals surface area (Å²) in [5, 5.41) is 2.78. The Bertz CT molecular complexity index is 1060. The summed E-state index contributed by atoms with van der Waals surface area (Å²) in [6, 6.07) is 22.1. The van der Waals surface area contributed by atoms with Crippen LogP contribution in [0, 0.1) is 0 Å².